The monoisotopic (exact) mass is 400 g/mol. The number of hydrogen-bond donors (Lipinski definition) is 1. The highest BCUT2D eigenvalue weighted by Gasteiger charge is 2.27. The van der Waals surface area contributed by atoms with Gasteiger partial charge in [0.05, 0.1) is 4.90 Å². The number of anilines is 1. The van der Waals surface area contributed by atoms with E-state index in [4.69, 9.17) is 0 Å². The number of sulfonamides is 1. The molecule has 150 valence electrons. The summed E-state index contributed by atoms with van der Waals surface area (Å²) < 4.78 is 27.9. The average Bonchev–Trinajstić information content (AvgIpc) is 2.95. The predicted molar refractivity (Wildman–Crippen MR) is 112 cm³/mol. The minimum Gasteiger partial charge on any atom is -0.322 e. The van der Waals surface area contributed by atoms with E-state index in [0.717, 1.165) is 36.8 Å². The lowest BCUT2D eigenvalue weighted by Gasteiger charge is -2.21. The Morgan fingerprint density at radius 2 is 1.50 bits per heavy atom. The van der Waals surface area contributed by atoms with Gasteiger partial charge in [0.2, 0.25) is 10.0 Å². The van der Waals surface area contributed by atoms with Gasteiger partial charge in [-0.25, -0.2) is 8.42 Å². The molecular formula is C22H28N2O3S. The minimum atomic E-state index is -3.60. The largest absolute Gasteiger partial charge is 0.322 e. The second-order valence-electron chi connectivity index (χ2n) is 7.55. The molecule has 0 radical (unpaired) electrons. The molecule has 0 atom stereocenters. The summed E-state index contributed by atoms with van der Waals surface area (Å²) in [6.07, 6.45) is 3.88. The van der Waals surface area contributed by atoms with Crippen molar-refractivity contribution in [1.29, 1.82) is 0 Å². The lowest BCUT2D eigenvalue weighted by atomic mass is 10.1. The first-order valence-corrected chi connectivity index (χ1v) is 11.2. The summed E-state index contributed by atoms with van der Waals surface area (Å²) in [5.41, 5.74) is 3.94. The van der Waals surface area contributed by atoms with Crippen LogP contribution in [0.1, 0.15) is 52.7 Å². The number of rotatable bonds is 4. The molecule has 1 heterocycles. The van der Waals surface area contributed by atoms with E-state index >= 15 is 0 Å². The molecule has 3 rings (SSSR count). The number of nitrogens with zero attached hydrogens (tertiary/aromatic N) is 1. The molecule has 0 aromatic heterocycles. The van der Waals surface area contributed by atoms with E-state index in [0.29, 0.717) is 29.9 Å². The van der Waals surface area contributed by atoms with Crippen LogP contribution in [0.5, 0.6) is 0 Å². The molecule has 1 N–H and O–H groups in total. The van der Waals surface area contributed by atoms with E-state index in [-0.39, 0.29) is 10.8 Å². The molecule has 0 saturated carbocycles. The van der Waals surface area contributed by atoms with Crippen LogP contribution in [0.3, 0.4) is 0 Å². The maximum Gasteiger partial charge on any atom is 0.255 e. The Morgan fingerprint density at radius 1 is 0.857 bits per heavy atom. The summed E-state index contributed by atoms with van der Waals surface area (Å²) in [4.78, 5) is 12.9. The number of carbonyl (C=O) groups is 1. The number of aryl methyl sites for hydroxylation is 3. The third kappa shape index (κ3) is 4.45. The number of hydrogen-bond acceptors (Lipinski definition) is 3. The molecule has 1 amide bonds. The molecule has 28 heavy (non-hydrogen) atoms. The van der Waals surface area contributed by atoms with Gasteiger partial charge in [0.25, 0.3) is 5.91 Å². The third-order valence-electron chi connectivity index (χ3n) is 5.40. The highest BCUT2D eigenvalue weighted by atomic mass is 32.2. The molecule has 0 bridgehead atoms. The van der Waals surface area contributed by atoms with Crippen molar-refractivity contribution in [2.24, 2.45) is 0 Å². The highest BCUT2D eigenvalue weighted by Crippen LogP contribution is 2.25. The van der Waals surface area contributed by atoms with Gasteiger partial charge in [0.15, 0.2) is 0 Å². The smallest absolute Gasteiger partial charge is 0.255 e. The zero-order valence-electron chi connectivity index (χ0n) is 16.8. The fourth-order valence-corrected chi connectivity index (χ4v) is 5.23. The summed E-state index contributed by atoms with van der Waals surface area (Å²) in [7, 11) is -3.60. The predicted octanol–water partition coefficient (Wildman–Crippen LogP) is 4.43. The maximum atomic E-state index is 13.2. The summed E-state index contributed by atoms with van der Waals surface area (Å²) in [6, 6.07) is 10.6. The van der Waals surface area contributed by atoms with Crippen molar-refractivity contribution in [2.75, 3.05) is 18.4 Å². The van der Waals surface area contributed by atoms with Crippen LogP contribution in [0.25, 0.3) is 0 Å². The van der Waals surface area contributed by atoms with Crippen molar-refractivity contribution in [2.45, 2.75) is 51.3 Å². The lowest BCUT2D eigenvalue weighted by molar-refractivity contribution is 0.102. The number of nitrogens with one attached hydrogen (secondary N) is 1. The van der Waals surface area contributed by atoms with Crippen molar-refractivity contribution in [3.05, 3.63) is 58.7 Å². The fourth-order valence-electron chi connectivity index (χ4n) is 3.46. The van der Waals surface area contributed by atoms with Crippen molar-refractivity contribution >= 4 is 21.6 Å². The molecule has 0 spiro atoms. The van der Waals surface area contributed by atoms with Crippen LogP contribution in [0, 0.1) is 20.8 Å². The Hall–Kier alpha value is -2.18. The third-order valence-corrected chi connectivity index (χ3v) is 7.44. The van der Waals surface area contributed by atoms with E-state index < -0.39 is 10.0 Å². The van der Waals surface area contributed by atoms with Crippen molar-refractivity contribution in [3.63, 3.8) is 0 Å². The summed E-state index contributed by atoms with van der Waals surface area (Å²) >= 11 is 0. The van der Waals surface area contributed by atoms with Crippen LogP contribution in [0.2, 0.25) is 0 Å². The van der Waals surface area contributed by atoms with Crippen LogP contribution < -0.4 is 5.32 Å². The molecule has 5 nitrogen and oxygen atoms in total. The van der Waals surface area contributed by atoms with Gasteiger partial charge in [0, 0.05) is 24.3 Å². The van der Waals surface area contributed by atoms with Crippen LogP contribution in [0.4, 0.5) is 5.69 Å². The van der Waals surface area contributed by atoms with Crippen molar-refractivity contribution in [3.8, 4) is 0 Å². The van der Waals surface area contributed by atoms with Gasteiger partial charge in [-0.1, -0.05) is 25.0 Å². The van der Waals surface area contributed by atoms with Gasteiger partial charge in [-0.3, -0.25) is 4.79 Å². The zero-order chi connectivity index (χ0) is 20.3. The first-order chi connectivity index (χ1) is 13.3. The van der Waals surface area contributed by atoms with Crippen LogP contribution >= 0.6 is 0 Å². The lowest BCUT2D eigenvalue weighted by Crippen LogP contribution is -2.32. The normalized spacial score (nSPS) is 15.8. The van der Waals surface area contributed by atoms with E-state index in [1.54, 1.807) is 23.4 Å². The zero-order valence-corrected chi connectivity index (χ0v) is 17.6. The van der Waals surface area contributed by atoms with Gasteiger partial charge in [-0.2, -0.15) is 4.31 Å². The molecule has 1 fully saturated rings. The highest BCUT2D eigenvalue weighted by molar-refractivity contribution is 7.89. The van der Waals surface area contributed by atoms with Gasteiger partial charge in [-0.05, 0) is 74.6 Å². The van der Waals surface area contributed by atoms with Crippen LogP contribution in [-0.4, -0.2) is 31.7 Å². The Labute approximate surface area is 167 Å². The molecular weight excluding hydrogens is 372 g/mol. The fraction of sp³-hybridized carbons (Fsp3) is 0.409. The standard InChI is InChI=1S/C22H28N2O3S/c1-16-9-11-20(14-18(16)3)23-22(25)19-10-8-17(2)21(15-19)28(26,27)24-12-6-4-5-7-13-24/h8-11,14-15H,4-7,12-13H2,1-3H3,(H,23,25). The first-order valence-electron chi connectivity index (χ1n) is 9.78. The minimum absolute atomic E-state index is 0.224. The van der Waals surface area contributed by atoms with Gasteiger partial charge < -0.3 is 5.32 Å². The Bertz CT molecular complexity index is 975. The number of amides is 1. The molecule has 6 heteroatoms. The Kier molecular flexibility index (Phi) is 6.20. The van der Waals surface area contributed by atoms with Gasteiger partial charge in [-0.15, -0.1) is 0 Å². The van der Waals surface area contributed by atoms with Gasteiger partial charge in [0.1, 0.15) is 0 Å². The SMILES string of the molecule is Cc1ccc(NC(=O)c2ccc(C)c(S(=O)(=O)N3CCCCCC3)c2)cc1C. The maximum absolute atomic E-state index is 13.2. The Morgan fingerprint density at radius 3 is 2.14 bits per heavy atom. The number of benzene rings is 2. The second-order valence-corrected chi connectivity index (χ2v) is 9.46. The molecule has 1 aliphatic rings. The van der Waals surface area contributed by atoms with Gasteiger partial charge >= 0.3 is 0 Å². The molecule has 2 aromatic rings. The molecule has 0 unspecified atom stereocenters. The topological polar surface area (TPSA) is 66.5 Å². The van der Waals surface area contributed by atoms with Crippen molar-refractivity contribution in [1.82, 2.24) is 4.31 Å². The molecule has 1 saturated heterocycles. The van der Waals surface area contributed by atoms with Crippen LogP contribution in [-0.2, 0) is 10.0 Å². The van der Waals surface area contributed by atoms with E-state index in [2.05, 4.69) is 5.32 Å². The average molecular weight is 401 g/mol. The summed E-state index contributed by atoms with van der Waals surface area (Å²) in [5, 5.41) is 2.87. The van der Waals surface area contributed by atoms with E-state index in [1.165, 1.54) is 6.07 Å². The van der Waals surface area contributed by atoms with Crippen molar-refractivity contribution < 1.29 is 13.2 Å². The quantitative estimate of drug-likeness (QED) is 0.826. The van der Waals surface area contributed by atoms with E-state index in [9.17, 15) is 13.2 Å². The second kappa shape index (κ2) is 8.45. The molecule has 2 aromatic carbocycles. The van der Waals surface area contributed by atoms with E-state index in [1.807, 2.05) is 32.0 Å². The first kappa shape index (κ1) is 20.6. The molecule has 1 aliphatic heterocycles. The summed E-state index contributed by atoms with van der Waals surface area (Å²) in [6.45, 7) is 6.86. The Balaban J connectivity index is 1.87. The molecule has 0 aliphatic carbocycles. The number of carbonyl (C=O) groups excluding carboxylic acids is 1. The van der Waals surface area contributed by atoms with Crippen LogP contribution in [0.15, 0.2) is 41.3 Å². The summed E-state index contributed by atoms with van der Waals surface area (Å²) in [5.74, 6) is -0.310.